The average molecular weight is 369 g/mol. The number of aromatic nitrogens is 1. The van der Waals surface area contributed by atoms with Gasteiger partial charge in [0.15, 0.2) is 0 Å². The van der Waals surface area contributed by atoms with Gasteiger partial charge in [0.25, 0.3) is 0 Å². The first-order valence-corrected chi connectivity index (χ1v) is 8.68. The van der Waals surface area contributed by atoms with Crippen LogP contribution < -0.4 is 0 Å². The van der Waals surface area contributed by atoms with Crippen molar-refractivity contribution in [1.82, 2.24) is 4.98 Å². The molecule has 1 N–H and O–H groups in total. The summed E-state index contributed by atoms with van der Waals surface area (Å²) in [5.41, 5.74) is 4.28. The van der Waals surface area contributed by atoms with Crippen LogP contribution >= 0.6 is 23.2 Å². The maximum Gasteiger partial charge on any atom is 0.310 e. The molecule has 5 heteroatoms. The minimum atomic E-state index is -0.962. The Labute approximate surface area is 158 Å². The van der Waals surface area contributed by atoms with Gasteiger partial charge in [-0.1, -0.05) is 53.5 Å². The van der Waals surface area contributed by atoms with Gasteiger partial charge >= 0.3 is 7.48 Å². The van der Waals surface area contributed by atoms with E-state index in [0.29, 0.717) is 15.7 Å². The summed E-state index contributed by atoms with van der Waals surface area (Å²) >= 11 is 12.7. The molecule has 2 nitrogen and oxygen atoms in total. The molecule has 3 aromatic rings. The van der Waals surface area contributed by atoms with Gasteiger partial charge < -0.3 is 5.02 Å². The van der Waals surface area contributed by atoms with E-state index in [1.54, 1.807) is 6.20 Å². The van der Waals surface area contributed by atoms with Gasteiger partial charge in [-0.3, -0.25) is 4.98 Å². The smallest absolute Gasteiger partial charge is 0.310 e. The van der Waals surface area contributed by atoms with Crippen molar-refractivity contribution >= 4 is 30.7 Å². The third kappa shape index (κ3) is 3.20. The molecule has 1 heterocycles. The van der Waals surface area contributed by atoms with Crippen LogP contribution in [0.3, 0.4) is 0 Å². The summed E-state index contributed by atoms with van der Waals surface area (Å²) in [6.45, 7) is 3.89. The lowest BCUT2D eigenvalue weighted by Gasteiger charge is -2.32. The van der Waals surface area contributed by atoms with E-state index in [2.05, 4.69) is 4.98 Å². The molecule has 0 bridgehead atoms. The van der Waals surface area contributed by atoms with E-state index in [0.717, 1.165) is 29.7 Å². The van der Waals surface area contributed by atoms with Crippen LogP contribution in [-0.4, -0.2) is 17.5 Å². The topological polar surface area (TPSA) is 33.1 Å². The molecular weight excluding hydrogens is 352 g/mol. The summed E-state index contributed by atoms with van der Waals surface area (Å²) in [6, 6.07) is 17.1. The van der Waals surface area contributed by atoms with Crippen molar-refractivity contribution in [2.45, 2.75) is 19.2 Å². The Morgan fingerprint density at radius 2 is 1.44 bits per heavy atom. The van der Waals surface area contributed by atoms with Crippen LogP contribution in [0.2, 0.25) is 10.0 Å². The van der Waals surface area contributed by atoms with E-state index in [1.807, 2.05) is 68.4 Å². The molecule has 0 aliphatic rings. The van der Waals surface area contributed by atoms with Crippen LogP contribution in [0.15, 0.2) is 60.8 Å². The van der Waals surface area contributed by atoms with Crippen molar-refractivity contribution in [2.75, 3.05) is 0 Å². The van der Waals surface area contributed by atoms with E-state index in [-0.39, 0.29) is 0 Å². The molecule has 0 atom stereocenters. The van der Waals surface area contributed by atoms with Crippen molar-refractivity contribution in [3.8, 4) is 0 Å². The van der Waals surface area contributed by atoms with Crippen LogP contribution in [0.1, 0.15) is 27.9 Å². The Morgan fingerprint density at radius 3 is 1.84 bits per heavy atom. The highest BCUT2D eigenvalue weighted by Gasteiger charge is 2.39. The van der Waals surface area contributed by atoms with Crippen molar-refractivity contribution in [3.63, 3.8) is 0 Å². The molecule has 0 amide bonds. The van der Waals surface area contributed by atoms with Gasteiger partial charge in [-0.15, -0.1) is 0 Å². The van der Waals surface area contributed by atoms with Gasteiger partial charge in [0, 0.05) is 16.2 Å². The summed E-state index contributed by atoms with van der Waals surface area (Å²) in [4.78, 5) is 4.50. The maximum absolute atomic E-state index is 10.4. The largest absolute Gasteiger partial charge is 0.452 e. The molecule has 1 aromatic heterocycles. The lowest BCUT2D eigenvalue weighted by Crippen LogP contribution is -2.37. The first-order chi connectivity index (χ1) is 12.0. The molecule has 0 aliphatic heterocycles. The average Bonchev–Trinajstić information content (AvgIpc) is 2.63. The zero-order valence-electron chi connectivity index (χ0n) is 14.0. The third-order valence-corrected chi connectivity index (χ3v) is 5.33. The second kappa shape index (κ2) is 7.21. The molecule has 0 fully saturated rings. The van der Waals surface area contributed by atoms with E-state index < -0.39 is 5.31 Å². The fraction of sp³-hybridized carbons (Fsp3) is 0.150. The molecule has 3 rings (SSSR count). The van der Waals surface area contributed by atoms with Gasteiger partial charge in [-0.25, -0.2) is 0 Å². The summed E-state index contributed by atoms with van der Waals surface area (Å²) in [5.74, 6) is 0. The third-order valence-electron chi connectivity index (χ3n) is 4.52. The highest BCUT2D eigenvalue weighted by molar-refractivity contribution is 6.35. The quantitative estimate of drug-likeness (QED) is 0.663. The van der Waals surface area contributed by atoms with Gasteiger partial charge in [0.1, 0.15) is 0 Å². The zero-order valence-corrected chi connectivity index (χ0v) is 15.5. The first kappa shape index (κ1) is 18.0. The number of pyridine rings is 1. The Bertz CT molecular complexity index is 848. The van der Waals surface area contributed by atoms with E-state index >= 15 is 0 Å². The number of rotatable bonds is 4. The molecule has 0 unspecified atom stereocenters. The Balaban J connectivity index is 2.33. The number of hydrogen-bond donors (Lipinski definition) is 1. The molecule has 0 spiro atoms. The Hall–Kier alpha value is -1.81. The lowest BCUT2D eigenvalue weighted by molar-refractivity contribution is 0.562. The molecule has 0 aliphatic carbocycles. The highest BCUT2D eigenvalue weighted by Crippen LogP contribution is 2.39. The van der Waals surface area contributed by atoms with Crippen molar-refractivity contribution in [1.29, 1.82) is 0 Å². The van der Waals surface area contributed by atoms with Crippen LogP contribution in [0.5, 0.6) is 0 Å². The summed E-state index contributed by atoms with van der Waals surface area (Å²) in [5, 5.41) is 10.7. The van der Waals surface area contributed by atoms with Crippen LogP contribution in [-0.2, 0) is 5.31 Å². The van der Waals surface area contributed by atoms with Gasteiger partial charge in [0.2, 0.25) is 0 Å². The minimum Gasteiger partial charge on any atom is -0.452 e. The predicted molar refractivity (Wildman–Crippen MR) is 104 cm³/mol. The molecule has 25 heavy (non-hydrogen) atoms. The second-order valence-corrected chi connectivity index (χ2v) is 6.89. The number of aryl methyl sites for hydroxylation is 2. The SMILES string of the molecule is Cc1ccc(C([B]O)(c2ccc(C)c(Cl)c2)c2ccccn2)cc1Cl. The normalized spacial score (nSPS) is 11.4. The molecule has 0 saturated carbocycles. The Morgan fingerprint density at radius 1 is 0.880 bits per heavy atom. The first-order valence-electron chi connectivity index (χ1n) is 7.92. The molecule has 2 aromatic carbocycles. The zero-order chi connectivity index (χ0) is 18.0. The van der Waals surface area contributed by atoms with Crippen LogP contribution in [0.25, 0.3) is 0 Å². The summed E-state index contributed by atoms with van der Waals surface area (Å²) < 4.78 is 0. The molecular formula is C20H17BCl2NO. The van der Waals surface area contributed by atoms with Crippen molar-refractivity contribution in [3.05, 3.63) is 98.8 Å². The van der Waals surface area contributed by atoms with E-state index in [4.69, 9.17) is 23.2 Å². The van der Waals surface area contributed by atoms with Crippen molar-refractivity contribution < 1.29 is 5.02 Å². The molecule has 1 radical (unpaired) electrons. The number of nitrogens with zero attached hydrogens (tertiary/aromatic N) is 1. The van der Waals surface area contributed by atoms with Crippen LogP contribution in [0, 0.1) is 13.8 Å². The molecule has 125 valence electrons. The Kier molecular flexibility index (Phi) is 5.19. The minimum absolute atomic E-state index is 0.637. The van der Waals surface area contributed by atoms with Gasteiger partial charge in [-0.2, -0.15) is 0 Å². The standard InChI is InChI=1S/C20H17BCl2NO/c1-13-6-8-15(11-17(13)22)20(21-25,19-5-3-4-10-24-19)16-9-7-14(2)18(23)12-16/h3-12,25H,1-2H3. The summed E-state index contributed by atoms with van der Waals surface area (Å²) in [7, 11) is 1.16. The van der Waals surface area contributed by atoms with E-state index in [1.165, 1.54) is 0 Å². The van der Waals surface area contributed by atoms with Crippen molar-refractivity contribution in [2.24, 2.45) is 0 Å². The lowest BCUT2D eigenvalue weighted by atomic mass is 9.54. The second-order valence-electron chi connectivity index (χ2n) is 6.08. The fourth-order valence-corrected chi connectivity index (χ4v) is 3.31. The monoisotopic (exact) mass is 368 g/mol. The predicted octanol–water partition coefficient (Wildman–Crippen LogP) is 4.91. The fourth-order valence-electron chi connectivity index (χ4n) is 2.95. The highest BCUT2D eigenvalue weighted by atomic mass is 35.5. The van der Waals surface area contributed by atoms with Gasteiger partial charge in [0.05, 0.1) is 11.0 Å². The summed E-state index contributed by atoms with van der Waals surface area (Å²) in [6.07, 6.45) is 1.71. The maximum atomic E-state index is 10.4. The van der Waals surface area contributed by atoms with Crippen LogP contribution in [0.4, 0.5) is 0 Å². The number of halogens is 2. The number of hydrogen-bond acceptors (Lipinski definition) is 2. The van der Waals surface area contributed by atoms with Gasteiger partial charge in [-0.05, 0) is 60.4 Å². The number of benzene rings is 2. The molecule has 0 saturated heterocycles. The van der Waals surface area contributed by atoms with E-state index in [9.17, 15) is 5.02 Å².